The first-order valence-corrected chi connectivity index (χ1v) is 9.33. The van der Waals surface area contributed by atoms with Crippen molar-refractivity contribution in [3.05, 3.63) is 41.4 Å². The molecule has 0 saturated heterocycles. The zero-order valence-corrected chi connectivity index (χ0v) is 15.9. The van der Waals surface area contributed by atoms with Crippen molar-refractivity contribution in [1.29, 1.82) is 0 Å². The second kappa shape index (κ2) is 6.71. The van der Waals surface area contributed by atoms with Crippen molar-refractivity contribution in [3.63, 3.8) is 0 Å². The van der Waals surface area contributed by atoms with Crippen LogP contribution in [0.3, 0.4) is 0 Å². The first kappa shape index (κ1) is 19.5. The maximum absolute atomic E-state index is 15.0. The number of benzene rings is 2. The Morgan fingerprint density at radius 3 is 2.39 bits per heavy atom. The SMILES string of the molecule is COc1ccc(S(=O)(=O)c2cc3oc(C(=O)O)c(N)c3c(C)c2F)cc1OC. The fourth-order valence-corrected chi connectivity index (χ4v) is 4.31. The van der Waals surface area contributed by atoms with Crippen molar-refractivity contribution in [2.75, 3.05) is 20.0 Å². The highest BCUT2D eigenvalue weighted by Crippen LogP contribution is 2.38. The van der Waals surface area contributed by atoms with Gasteiger partial charge in [0.05, 0.1) is 30.2 Å². The topological polar surface area (TPSA) is 129 Å². The predicted octanol–water partition coefficient (Wildman–Crippen LogP) is 3.01. The van der Waals surface area contributed by atoms with E-state index in [0.29, 0.717) is 5.75 Å². The molecule has 0 amide bonds. The summed E-state index contributed by atoms with van der Waals surface area (Å²) in [6, 6.07) is 4.75. The third-order valence-corrected chi connectivity index (χ3v) is 6.05. The molecular formula is C18H16FNO7S. The Kier molecular flexibility index (Phi) is 4.67. The van der Waals surface area contributed by atoms with E-state index in [4.69, 9.17) is 24.7 Å². The number of carboxylic acid groups (broad SMARTS) is 1. The summed E-state index contributed by atoms with van der Waals surface area (Å²) in [6.45, 7) is 1.29. The van der Waals surface area contributed by atoms with Gasteiger partial charge in [0.2, 0.25) is 15.6 Å². The van der Waals surface area contributed by atoms with Crippen molar-refractivity contribution in [2.45, 2.75) is 16.7 Å². The highest BCUT2D eigenvalue weighted by Gasteiger charge is 2.29. The molecule has 2 aromatic carbocycles. The van der Waals surface area contributed by atoms with Gasteiger partial charge in [0.1, 0.15) is 16.3 Å². The molecule has 3 N–H and O–H groups in total. The molecule has 0 atom stereocenters. The van der Waals surface area contributed by atoms with Crippen LogP contribution in [0.5, 0.6) is 11.5 Å². The van der Waals surface area contributed by atoms with E-state index in [-0.39, 0.29) is 32.9 Å². The van der Waals surface area contributed by atoms with Crippen molar-refractivity contribution >= 4 is 32.5 Å². The van der Waals surface area contributed by atoms with Gasteiger partial charge in [-0.05, 0) is 24.6 Å². The average Bonchev–Trinajstić information content (AvgIpc) is 3.00. The van der Waals surface area contributed by atoms with Gasteiger partial charge in [-0.3, -0.25) is 0 Å². The van der Waals surface area contributed by atoms with E-state index >= 15 is 0 Å². The van der Waals surface area contributed by atoms with Gasteiger partial charge in [-0.15, -0.1) is 0 Å². The Labute approximate surface area is 159 Å². The molecule has 28 heavy (non-hydrogen) atoms. The number of carbonyl (C=O) groups is 1. The lowest BCUT2D eigenvalue weighted by molar-refractivity contribution is 0.0666. The summed E-state index contributed by atoms with van der Waals surface area (Å²) < 4.78 is 56.3. The first-order chi connectivity index (χ1) is 13.1. The van der Waals surface area contributed by atoms with Gasteiger partial charge in [0, 0.05) is 12.1 Å². The van der Waals surface area contributed by atoms with Gasteiger partial charge in [0.25, 0.3) is 0 Å². The second-order valence-electron chi connectivity index (χ2n) is 5.86. The summed E-state index contributed by atoms with van der Waals surface area (Å²) in [6.07, 6.45) is 0. The lowest BCUT2D eigenvalue weighted by Gasteiger charge is -2.12. The molecule has 0 aliphatic rings. The van der Waals surface area contributed by atoms with Gasteiger partial charge in [0.15, 0.2) is 11.5 Å². The van der Waals surface area contributed by atoms with Gasteiger partial charge < -0.3 is 24.7 Å². The van der Waals surface area contributed by atoms with Crippen LogP contribution in [-0.4, -0.2) is 33.7 Å². The Morgan fingerprint density at radius 1 is 1.18 bits per heavy atom. The van der Waals surface area contributed by atoms with Crippen LogP contribution in [0.4, 0.5) is 10.1 Å². The molecule has 0 saturated carbocycles. The Bertz CT molecular complexity index is 1210. The van der Waals surface area contributed by atoms with Gasteiger partial charge >= 0.3 is 5.97 Å². The maximum Gasteiger partial charge on any atom is 0.374 e. The van der Waals surface area contributed by atoms with Crippen LogP contribution in [0.1, 0.15) is 16.1 Å². The van der Waals surface area contributed by atoms with E-state index in [1.165, 1.54) is 39.3 Å². The Balaban J connectivity index is 2.28. The number of fused-ring (bicyclic) bond motifs is 1. The molecule has 148 valence electrons. The van der Waals surface area contributed by atoms with Crippen LogP contribution >= 0.6 is 0 Å². The zero-order valence-electron chi connectivity index (χ0n) is 15.1. The van der Waals surface area contributed by atoms with E-state index in [0.717, 1.165) is 6.07 Å². The number of nitrogens with two attached hydrogens (primary N) is 1. The number of methoxy groups -OCH3 is 2. The van der Waals surface area contributed by atoms with E-state index in [1.807, 2.05) is 0 Å². The molecule has 0 fully saturated rings. The van der Waals surface area contributed by atoms with Crippen LogP contribution in [-0.2, 0) is 9.84 Å². The number of anilines is 1. The zero-order chi connectivity index (χ0) is 20.8. The lowest BCUT2D eigenvalue weighted by atomic mass is 10.1. The lowest BCUT2D eigenvalue weighted by Crippen LogP contribution is -2.07. The molecule has 3 aromatic rings. The number of ether oxygens (including phenoxy) is 2. The van der Waals surface area contributed by atoms with Crippen molar-refractivity contribution in [2.24, 2.45) is 0 Å². The largest absolute Gasteiger partial charge is 0.493 e. The summed E-state index contributed by atoms with van der Waals surface area (Å²) in [7, 11) is -1.59. The standard InChI is InChI=1S/C18H16FNO7S/c1-8-14-12(27-17(16(14)20)18(21)22)7-13(15(8)19)28(23,24)9-4-5-10(25-2)11(6-9)26-3/h4-7H,20H2,1-3H3,(H,21,22). The predicted molar refractivity (Wildman–Crippen MR) is 97.3 cm³/mol. The van der Waals surface area contributed by atoms with Crippen LogP contribution in [0.15, 0.2) is 38.5 Å². The molecule has 0 spiro atoms. The van der Waals surface area contributed by atoms with E-state index < -0.39 is 32.3 Å². The minimum Gasteiger partial charge on any atom is -0.493 e. The van der Waals surface area contributed by atoms with Crippen LogP contribution < -0.4 is 15.2 Å². The molecule has 10 heteroatoms. The summed E-state index contributed by atoms with van der Waals surface area (Å²) in [4.78, 5) is 10.3. The number of sulfone groups is 1. The highest BCUT2D eigenvalue weighted by atomic mass is 32.2. The van der Waals surface area contributed by atoms with Crippen LogP contribution in [0, 0.1) is 12.7 Å². The molecule has 0 aliphatic carbocycles. The molecule has 1 heterocycles. The van der Waals surface area contributed by atoms with Gasteiger partial charge in [-0.25, -0.2) is 17.6 Å². The summed E-state index contributed by atoms with van der Waals surface area (Å²) >= 11 is 0. The number of aromatic carboxylic acids is 1. The molecule has 0 unspecified atom stereocenters. The monoisotopic (exact) mass is 409 g/mol. The Morgan fingerprint density at radius 2 is 1.82 bits per heavy atom. The number of nitrogen functional groups attached to an aromatic ring is 1. The smallest absolute Gasteiger partial charge is 0.374 e. The number of hydrogen-bond donors (Lipinski definition) is 2. The van der Waals surface area contributed by atoms with Gasteiger partial charge in [-0.1, -0.05) is 0 Å². The maximum atomic E-state index is 15.0. The number of hydrogen-bond acceptors (Lipinski definition) is 7. The number of aryl methyl sites for hydroxylation is 1. The molecule has 3 rings (SSSR count). The number of rotatable bonds is 5. The summed E-state index contributed by atoms with van der Waals surface area (Å²) in [5, 5.41) is 9.14. The first-order valence-electron chi connectivity index (χ1n) is 7.85. The minimum absolute atomic E-state index is 0.0150. The minimum atomic E-state index is -4.32. The van der Waals surface area contributed by atoms with Crippen molar-refractivity contribution in [1.82, 2.24) is 0 Å². The van der Waals surface area contributed by atoms with E-state index in [9.17, 15) is 17.6 Å². The van der Waals surface area contributed by atoms with Crippen molar-refractivity contribution < 1.29 is 36.6 Å². The second-order valence-corrected chi connectivity index (χ2v) is 7.78. The highest BCUT2D eigenvalue weighted by molar-refractivity contribution is 7.91. The molecule has 0 bridgehead atoms. The van der Waals surface area contributed by atoms with Crippen LogP contribution in [0.25, 0.3) is 11.0 Å². The number of furan rings is 1. The number of halogens is 1. The summed E-state index contributed by atoms with van der Waals surface area (Å²) in [5.41, 5.74) is 5.18. The van der Waals surface area contributed by atoms with E-state index in [1.54, 1.807) is 0 Å². The normalized spacial score (nSPS) is 11.6. The Hall–Kier alpha value is -3.27. The van der Waals surface area contributed by atoms with Gasteiger partial charge in [-0.2, -0.15) is 0 Å². The number of carboxylic acids is 1. The van der Waals surface area contributed by atoms with E-state index in [2.05, 4.69) is 0 Å². The summed E-state index contributed by atoms with van der Waals surface area (Å²) in [5.74, 6) is -2.63. The molecule has 0 radical (unpaired) electrons. The third kappa shape index (κ3) is 2.82. The molecule has 1 aromatic heterocycles. The van der Waals surface area contributed by atoms with Crippen LogP contribution in [0.2, 0.25) is 0 Å². The molecule has 8 nitrogen and oxygen atoms in total. The average molecular weight is 409 g/mol. The molecule has 0 aliphatic heterocycles. The third-order valence-electron chi connectivity index (χ3n) is 4.30. The quantitative estimate of drug-likeness (QED) is 0.658. The fourth-order valence-electron chi connectivity index (χ4n) is 2.89. The van der Waals surface area contributed by atoms with Crippen molar-refractivity contribution in [3.8, 4) is 11.5 Å². The fraction of sp³-hybridized carbons (Fsp3) is 0.167. The molecular weight excluding hydrogens is 393 g/mol.